The van der Waals surface area contributed by atoms with E-state index in [1.807, 2.05) is 0 Å². The lowest BCUT2D eigenvalue weighted by molar-refractivity contribution is -0.383. The first kappa shape index (κ1) is 21.7. The van der Waals surface area contributed by atoms with Gasteiger partial charge in [-0.1, -0.05) is 22.0 Å². The number of carbonyl (C=O) groups is 1. The molecular weight excluding hydrogens is 450 g/mol. The molecule has 1 amide bonds. The van der Waals surface area contributed by atoms with Crippen LogP contribution in [0.25, 0.3) is 0 Å². The summed E-state index contributed by atoms with van der Waals surface area (Å²) in [4.78, 5) is 23.3. The van der Waals surface area contributed by atoms with E-state index in [0.717, 1.165) is 5.56 Å². The molecule has 0 saturated heterocycles. The van der Waals surface area contributed by atoms with Crippen LogP contribution in [0.2, 0.25) is 0 Å². The van der Waals surface area contributed by atoms with E-state index in [1.165, 1.54) is 12.1 Å². The number of halogens is 1. The van der Waals surface area contributed by atoms with Crippen LogP contribution in [-0.4, -0.2) is 36.3 Å². The summed E-state index contributed by atoms with van der Waals surface area (Å²) >= 11 is 8.45. The molecule has 0 bridgehead atoms. The second kappa shape index (κ2) is 10.1. The number of hydrogen-bond acceptors (Lipinski definition) is 6. The standard InChI is InChI=1S/C18H18BrN3O5S/c1-11-3-5-14(15(9-11)22(24)25)20-18(28)21-17(23)13-10-12(19)4-6-16(13)27-8-7-26-2/h3-6,9-10H,7-8H2,1-2H3,(H2,20,21,23,28). The molecular formula is C18H18BrN3O5S. The fourth-order valence-corrected chi connectivity index (χ4v) is 2.83. The average molecular weight is 468 g/mol. The second-order valence-electron chi connectivity index (χ2n) is 5.67. The maximum absolute atomic E-state index is 12.6. The van der Waals surface area contributed by atoms with E-state index < -0.39 is 10.8 Å². The van der Waals surface area contributed by atoms with Crippen LogP contribution in [-0.2, 0) is 4.74 Å². The van der Waals surface area contributed by atoms with Crippen molar-refractivity contribution >= 4 is 50.5 Å². The number of amides is 1. The largest absolute Gasteiger partial charge is 0.490 e. The first-order valence-electron chi connectivity index (χ1n) is 8.10. The molecule has 0 saturated carbocycles. The molecule has 0 aromatic heterocycles. The Morgan fingerprint density at radius 1 is 1.25 bits per heavy atom. The number of carbonyl (C=O) groups excluding carboxylic acids is 1. The topological polar surface area (TPSA) is 103 Å². The molecule has 2 N–H and O–H groups in total. The molecule has 0 aliphatic heterocycles. The summed E-state index contributed by atoms with van der Waals surface area (Å²) in [5, 5.41) is 16.3. The summed E-state index contributed by atoms with van der Waals surface area (Å²) in [6.45, 7) is 2.39. The number of nitro benzene ring substituents is 1. The van der Waals surface area contributed by atoms with Crippen molar-refractivity contribution in [2.45, 2.75) is 6.92 Å². The van der Waals surface area contributed by atoms with E-state index >= 15 is 0 Å². The number of ether oxygens (including phenoxy) is 2. The number of anilines is 1. The molecule has 2 aromatic carbocycles. The third kappa shape index (κ3) is 5.98. The van der Waals surface area contributed by atoms with Gasteiger partial charge in [-0.2, -0.15) is 0 Å². The van der Waals surface area contributed by atoms with E-state index in [0.29, 0.717) is 16.8 Å². The van der Waals surface area contributed by atoms with Gasteiger partial charge in [-0.15, -0.1) is 0 Å². The number of aryl methyl sites for hydroxylation is 1. The smallest absolute Gasteiger partial charge is 0.292 e. The minimum Gasteiger partial charge on any atom is -0.490 e. The fourth-order valence-electron chi connectivity index (χ4n) is 2.26. The minimum atomic E-state index is -0.518. The predicted octanol–water partition coefficient (Wildman–Crippen LogP) is 3.82. The van der Waals surface area contributed by atoms with Crippen LogP contribution in [0.4, 0.5) is 11.4 Å². The van der Waals surface area contributed by atoms with Crippen LogP contribution < -0.4 is 15.4 Å². The Kier molecular flexibility index (Phi) is 7.85. The van der Waals surface area contributed by atoms with Gasteiger partial charge in [-0.3, -0.25) is 20.2 Å². The van der Waals surface area contributed by atoms with Crippen molar-refractivity contribution in [2.24, 2.45) is 0 Å². The van der Waals surface area contributed by atoms with Crippen LogP contribution in [0.5, 0.6) is 5.75 Å². The van der Waals surface area contributed by atoms with Gasteiger partial charge in [0.25, 0.3) is 11.6 Å². The van der Waals surface area contributed by atoms with Crippen molar-refractivity contribution in [3.63, 3.8) is 0 Å². The van der Waals surface area contributed by atoms with Crippen molar-refractivity contribution in [1.29, 1.82) is 0 Å². The van der Waals surface area contributed by atoms with Crippen LogP contribution in [0.15, 0.2) is 40.9 Å². The molecule has 10 heteroatoms. The molecule has 0 unspecified atom stereocenters. The molecule has 0 heterocycles. The maximum atomic E-state index is 12.6. The summed E-state index contributed by atoms with van der Waals surface area (Å²) in [5.41, 5.74) is 1.04. The lowest BCUT2D eigenvalue weighted by Crippen LogP contribution is -2.34. The van der Waals surface area contributed by atoms with E-state index in [2.05, 4.69) is 26.6 Å². The zero-order valence-electron chi connectivity index (χ0n) is 15.2. The van der Waals surface area contributed by atoms with Gasteiger partial charge in [0, 0.05) is 17.6 Å². The highest BCUT2D eigenvalue weighted by molar-refractivity contribution is 9.10. The minimum absolute atomic E-state index is 0.0697. The zero-order chi connectivity index (χ0) is 20.7. The third-order valence-electron chi connectivity index (χ3n) is 3.56. The van der Waals surface area contributed by atoms with Crippen LogP contribution in [0.3, 0.4) is 0 Å². The Morgan fingerprint density at radius 2 is 2.00 bits per heavy atom. The third-order valence-corrected chi connectivity index (χ3v) is 4.25. The summed E-state index contributed by atoms with van der Waals surface area (Å²) in [7, 11) is 1.55. The first-order valence-corrected chi connectivity index (χ1v) is 9.30. The molecule has 28 heavy (non-hydrogen) atoms. The van der Waals surface area contributed by atoms with Crippen LogP contribution >= 0.6 is 28.1 Å². The quantitative estimate of drug-likeness (QED) is 0.276. The molecule has 0 spiro atoms. The highest BCUT2D eigenvalue weighted by Crippen LogP contribution is 2.26. The number of thiocarbonyl (C=S) groups is 1. The monoisotopic (exact) mass is 467 g/mol. The fraction of sp³-hybridized carbons (Fsp3) is 0.222. The number of rotatable bonds is 7. The summed E-state index contributed by atoms with van der Waals surface area (Å²) in [6.07, 6.45) is 0. The number of nitro groups is 1. The average Bonchev–Trinajstić information content (AvgIpc) is 2.64. The number of hydrogen-bond donors (Lipinski definition) is 2. The lowest BCUT2D eigenvalue weighted by Gasteiger charge is -2.13. The van der Waals surface area contributed by atoms with E-state index in [1.54, 1.807) is 38.3 Å². The Hall–Kier alpha value is -2.56. The highest BCUT2D eigenvalue weighted by Gasteiger charge is 2.18. The van der Waals surface area contributed by atoms with Crippen LogP contribution in [0.1, 0.15) is 15.9 Å². The molecule has 0 radical (unpaired) electrons. The Morgan fingerprint density at radius 3 is 2.68 bits per heavy atom. The molecule has 8 nitrogen and oxygen atoms in total. The Bertz CT molecular complexity index is 907. The summed E-state index contributed by atoms with van der Waals surface area (Å²) < 4.78 is 11.2. The Balaban J connectivity index is 2.14. The lowest BCUT2D eigenvalue weighted by atomic mass is 10.2. The van der Waals surface area contributed by atoms with Crippen molar-refractivity contribution < 1.29 is 19.2 Å². The van der Waals surface area contributed by atoms with Crippen molar-refractivity contribution in [3.05, 3.63) is 62.1 Å². The van der Waals surface area contributed by atoms with Crippen LogP contribution in [0, 0.1) is 17.0 Å². The van der Waals surface area contributed by atoms with E-state index in [9.17, 15) is 14.9 Å². The van der Waals surface area contributed by atoms with Gasteiger partial charge in [-0.05, 0) is 49.0 Å². The molecule has 148 valence electrons. The van der Waals surface area contributed by atoms with Gasteiger partial charge in [0.05, 0.1) is 17.1 Å². The van der Waals surface area contributed by atoms with Crippen molar-refractivity contribution in [3.8, 4) is 5.75 Å². The second-order valence-corrected chi connectivity index (χ2v) is 6.99. The molecule has 0 aliphatic rings. The number of nitrogens with one attached hydrogen (secondary N) is 2. The van der Waals surface area contributed by atoms with Crippen molar-refractivity contribution in [1.82, 2.24) is 5.32 Å². The molecule has 0 atom stereocenters. The highest BCUT2D eigenvalue weighted by atomic mass is 79.9. The van der Waals surface area contributed by atoms with E-state index in [-0.39, 0.29) is 28.7 Å². The normalized spacial score (nSPS) is 10.2. The first-order chi connectivity index (χ1) is 13.3. The van der Waals surface area contributed by atoms with Gasteiger partial charge in [0.1, 0.15) is 18.0 Å². The molecule has 0 aliphatic carbocycles. The predicted molar refractivity (Wildman–Crippen MR) is 113 cm³/mol. The van der Waals surface area contributed by atoms with E-state index in [4.69, 9.17) is 21.7 Å². The van der Waals surface area contributed by atoms with Gasteiger partial charge in [-0.25, -0.2) is 0 Å². The van der Waals surface area contributed by atoms with Gasteiger partial charge in [0.2, 0.25) is 0 Å². The van der Waals surface area contributed by atoms with Gasteiger partial charge < -0.3 is 14.8 Å². The van der Waals surface area contributed by atoms with Crippen molar-refractivity contribution in [2.75, 3.05) is 25.6 Å². The number of benzene rings is 2. The summed E-state index contributed by atoms with van der Waals surface area (Å²) in [6, 6.07) is 9.64. The SMILES string of the molecule is COCCOc1ccc(Br)cc1C(=O)NC(=S)Nc1ccc(C)cc1[N+](=O)[O-]. The number of nitrogens with zero attached hydrogens (tertiary/aromatic N) is 1. The summed E-state index contributed by atoms with van der Waals surface area (Å²) in [5.74, 6) is -0.150. The molecule has 2 aromatic rings. The Labute approximate surface area is 175 Å². The molecule has 0 fully saturated rings. The number of methoxy groups -OCH3 is 1. The zero-order valence-corrected chi connectivity index (χ0v) is 17.6. The maximum Gasteiger partial charge on any atom is 0.292 e. The van der Waals surface area contributed by atoms with Gasteiger partial charge >= 0.3 is 0 Å². The van der Waals surface area contributed by atoms with Gasteiger partial charge in [0.15, 0.2) is 5.11 Å². The molecule has 2 rings (SSSR count).